The van der Waals surface area contributed by atoms with Crippen molar-refractivity contribution in [3.63, 3.8) is 0 Å². The summed E-state index contributed by atoms with van der Waals surface area (Å²) in [5.41, 5.74) is 1.12. The minimum Gasteiger partial charge on any atom is -0.497 e. The highest BCUT2D eigenvalue weighted by Crippen LogP contribution is 2.29. The number of benzene rings is 1. The Morgan fingerprint density at radius 2 is 2.19 bits per heavy atom. The predicted molar refractivity (Wildman–Crippen MR) is 80.6 cm³/mol. The van der Waals surface area contributed by atoms with Gasteiger partial charge in [-0.05, 0) is 12.1 Å². The molecule has 0 fully saturated rings. The first-order valence-corrected chi connectivity index (χ1v) is 7.05. The molecule has 0 aliphatic heterocycles. The van der Waals surface area contributed by atoms with Crippen molar-refractivity contribution in [1.82, 2.24) is 9.38 Å². The Morgan fingerprint density at radius 1 is 1.33 bits per heavy atom. The van der Waals surface area contributed by atoms with Crippen LogP contribution in [0.25, 0.3) is 4.96 Å². The van der Waals surface area contributed by atoms with E-state index in [1.807, 2.05) is 0 Å². The molecule has 0 saturated carbocycles. The molecule has 21 heavy (non-hydrogen) atoms. The second kappa shape index (κ2) is 5.45. The lowest BCUT2D eigenvalue weighted by Crippen LogP contribution is -2.14. The van der Waals surface area contributed by atoms with Gasteiger partial charge in [0, 0.05) is 23.8 Å². The maximum Gasteiger partial charge on any atom is 0.273 e. The molecule has 2 aromatic heterocycles. The first-order chi connectivity index (χ1) is 10.2. The average Bonchev–Trinajstić information content (AvgIpc) is 3.10. The summed E-state index contributed by atoms with van der Waals surface area (Å²) in [6.07, 6.45) is 3.42. The van der Waals surface area contributed by atoms with Crippen LogP contribution in [0.4, 0.5) is 5.69 Å². The molecular weight excluding hydrogens is 290 g/mol. The molecule has 0 radical (unpaired) electrons. The zero-order valence-corrected chi connectivity index (χ0v) is 12.3. The van der Waals surface area contributed by atoms with Gasteiger partial charge in [0.05, 0.1) is 19.9 Å². The van der Waals surface area contributed by atoms with Crippen molar-refractivity contribution in [3.8, 4) is 11.5 Å². The number of hydrogen-bond donors (Lipinski definition) is 1. The van der Waals surface area contributed by atoms with Gasteiger partial charge in [-0.1, -0.05) is 0 Å². The molecule has 2 heterocycles. The van der Waals surface area contributed by atoms with Gasteiger partial charge >= 0.3 is 0 Å². The van der Waals surface area contributed by atoms with Crippen molar-refractivity contribution >= 4 is 27.9 Å². The molecule has 1 aromatic carbocycles. The molecule has 108 valence electrons. The number of nitrogens with one attached hydrogen (secondary N) is 1. The minimum absolute atomic E-state index is 0.220. The van der Waals surface area contributed by atoms with Crippen molar-refractivity contribution < 1.29 is 14.3 Å². The number of nitrogens with zero attached hydrogens (tertiary/aromatic N) is 2. The van der Waals surface area contributed by atoms with Crippen molar-refractivity contribution in [2.24, 2.45) is 0 Å². The van der Waals surface area contributed by atoms with Crippen molar-refractivity contribution in [1.29, 1.82) is 0 Å². The third-order valence-corrected chi connectivity index (χ3v) is 3.89. The van der Waals surface area contributed by atoms with Gasteiger partial charge in [-0.15, -0.1) is 11.3 Å². The van der Waals surface area contributed by atoms with E-state index in [1.165, 1.54) is 11.3 Å². The third kappa shape index (κ3) is 2.43. The summed E-state index contributed by atoms with van der Waals surface area (Å²) in [6, 6.07) is 5.22. The largest absolute Gasteiger partial charge is 0.497 e. The topological polar surface area (TPSA) is 64.9 Å². The second-order valence-electron chi connectivity index (χ2n) is 4.22. The van der Waals surface area contributed by atoms with Crippen LogP contribution in [0, 0.1) is 0 Å². The molecule has 3 rings (SSSR count). The molecule has 0 spiro atoms. The number of carbonyl (C=O) groups excluding carboxylic acids is 1. The fraction of sp³-hybridized carbons (Fsp3) is 0.143. The zero-order chi connectivity index (χ0) is 14.8. The molecule has 0 unspecified atom stereocenters. The Hall–Kier alpha value is -2.54. The van der Waals surface area contributed by atoms with E-state index in [2.05, 4.69) is 10.3 Å². The van der Waals surface area contributed by atoms with Crippen LogP contribution in [0.5, 0.6) is 11.5 Å². The van der Waals surface area contributed by atoms with Crippen LogP contribution in [0.15, 0.2) is 36.0 Å². The molecule has 1 amide bonds. The number of hydrogen-bond acceptors (Lipinski definition) is 5. The van der Waals surface area contributed by atoms with Crippen LogP contribution >= 0.6 is 11.3 Å². The summed E-state index contributed by atoms with van der Waals surface area (Å²) >= 11 is 1.42. The Morgan fingerprint density at radius 3 is 2.95 bits per heavy atom. The predicted octanol–water partition coefficient (Wildman–Crippen LogP) is 2.67. The quantitative estimate of drug-likeness (QED) is 0.805. The smallest absolute Gasteiger partial charge is 0.273 e. The number of aromatic nitrogens is 2. The monoisotopic (exact) mass is 303 g/mol. The molecule has 6 nitrogen and oxygen atoms in total. The van der Waals surface area contributed by atoms with E-state index < -0.39 is 0 Å². The van der Waals surface area contributed by atoms with Gasteiger partial charge in [0.25, 0.3) is 5.91 Å². The van der Waals surface area contributed by atoms with Crippen LogP contribution in [-0.4, -0.2) is 29.5 Å². The highest BCUT2D eigenvalue weighted by Gasteiger charge is 2.15. The van der Waals surface area contributed by atoms with Crippen LogP contribution < -0.4 is 14.8 Å². The van der Waals surface area contributed by atoms with Gasteiger partial charge in [0.1, 0.15) is 17.2 Å². The van der Waals surface area contributed by atoms with Crippen LogP contribution in [-0.2, 0) is 0 Å². The van der Waals surface area contributed by atoms with Gasteiger partial charge in [0.15, 0.2) is 4.96 Å². The zero-order valence-electron chi connectivity index (χ0n) is 11.5. The van der Waals surface area contributed by atoms with Gasteiger partial charge < -0.3 is 14.8 Å². The fourth-order valence-corrected chi connectivity index (χ4v) is 2.81. The van der Waals surface area contributed by atoms with Gasteiger partial charge in [-0.3, -0.25) is 9.20 Å². The van der Waals surface area contributed by atoms with E-state index in [0.717, 1.165) is 4.96 Å². The van der Waals surface area contributed by atoms with Crippen molar-refractivity contribution in [3.05, 3.63) is 41.7 Å². The standard InChI is InChI=1S/C14H13N3O3S/c1-19-9-3-4-10(12(7-9)20-2)16-13(18)11-8-21-14-15-5-6-17(11)14/h3-8H,1-2H3,(H,16,18). The summed E-state index contributed by atoms with van der Waals surface area (Å²) in [5.74, 6) is 0.986. The number of rotatable bonds is 4. The molecule has 3 aromatic rings. The van der Waals surface area contributed by atoms with E-state index in [0.29, 0.717) is 22.9 Å². The Bertz CT molecular complexity index is 794. The maximum absolute atomic E-state index is 12.4. The van der Waals surface area contributed by atoms with E-state index in [1.54, 1.807) is 54.6 Å². The van der Waals surface area contributed by atoms with Gasteiger partial charge in [-0.2, -0.15) is 0 Å². The maximum atomic E-state index is 12.4. The summed E-state index contributed by atoms with van der Waals surface area (Å²) in [5, 5.41) is 4.61. The summed E-state index contributed by atoms with van der Waals surface area (Å²) in [4.78, 5) is 17.3. The molecule has 0 saturated heterocycles. The highest BCUT2D eigenvalue weighted by atomic mass is 32.1. The summed E-state index contributed by atoms with van der Waals surface area (Å²) in [7, 11) is 3.12. The third-order valence-electron chi connectivity index (χ3n) is 3.03. The summed E-state index contributed by atoms with van der Waals surface area (Å²) < 4.78 is 12.1. The molecular formula is C14H13N3O3S. The number of imidazole rings is 1. The average molecular weight is 303 g/mol. The van der Waals surface area contributed by atoms with Gasteiger partial charge in [-0.25, -0.2) is 4.98 Å². The molecule has 7 heteroatoms. The number of amides is 1. The number of carbonyl (C=O) groups is 1. The summed E-state index contributed by atoms with van der Waals surface area (Å²) in [6.45, 7) is 0. The lowest BCUT2D eigenvalue weighted by Gasteiger charge is -2.11. The van der Waals surface area contributed by atoms with Crippen molar-refractivity contribution in [2.75, 3.05) is 19.5 Å². The minimum atomic E-state index is -0.220. The second-order valence-corrected chi connectivity index (χ2v) is 5.06. The lowest BCUT2D eigenvalue weighted by atomic mass is 10.2. The SMILES string of the molecule is COc1ccc(NC(=O)c2csc3nccn23)c(OC)c1. The molecule has 0 aliphatic carbocycles. The van der Waals surface area contributed by atoms with Crippen LogP contribution in [0.1, 0.15) is 10.5 Å². The van der Waals surface area contributed by atoms with E-state index >= 15 is 0 Å². The highest BCUT2D eigenvalue weighted by molar-refractivity contribution is 7.15. The number of thiazole rings is 1. The Kier molecular flexibility index (Phi) is 3.49. The first-order valence-electron chi connectivity index (χ1n) is 6.17. The lowest BCUT2D eigenvalue weighted by molar-refractivity contribution is 0.102. The van der Waals surface area contributed by atoms with E-state index in [9.17, 15) is 4.79 Å². The van der Waals surface area contributed by atoms with Gasteiger partial charge in [0.2, 0.25) is 0 Å². The number of fused-ring (bicyclic) bond motifs is 1. The fourth-order valence-electron chi connectivity index (χ4n) is 1.98. The van der Waals surface area contributed by atoms with E-state index in [4.69, 9.17) is 9.47 Å². The number of methoxy groups -OCH3 is 2. The van der Waals surface area contributed by atoms with Crippen molar-refractivity contribution in [2.45, 2.75) is 0 Å². The Balaban J connectivity index is 1.89. The van der Waals surface area contributed by atoms with Crippen LogP contribution in [0.2, 0.25) is 0 Å². The first kappa shape index (κ1) is 13.4. The molecule has 0 aliphatic rings. The van der Waals surface area contributed by atoms with E-state index in [-0.39, 0.29) is 5.91 Å². The molecule has 1 N–H and O–H groups in total. The molecule has 0 atom stereocenters. The molecule has 0 bridgehead atoms. The number of anilines is 1. The Labute approximate surface area is 124 Å². The normalized spacial score (nSPS) is 10.6. The van der Waals surface area contributed by atoms with Crippen LogP contribution in [0.3, 0.4) is 0 Å². The number of ether oxygens (including phenoxy) is 2.